The summed E-state index contributed by atoms with van der Waals surface area (Å²) >= 11 is -4.23. The Labute approximate surface area is 278 Å². The van der Waals surface area contributed by atoms with Gasteiger partial charge < -0.3 is 0 Å². The molecule has 230 valence electrons. The van der Waals surface area contributed by atoms with Crippen LogP contribution in [0.25, 0.3) is 23.3 Å². The van der Waals surface area contributed by atoms with Gasteiger partial charge in [0.2, 0.25) is 0 Å². The summed E-state index contributed by atoms with van der Waals surface area (Å²) < 4.78 is 11.4. The Morgan fingerprint density at radius 1 is 0.818 bits per heavy atom. The molecule has 0 aromatic heterocycles. The van der Waals surface area contributed by atoms with Crippen molar-refractivity contribution in [3.63, 3.8) is 0 Å². The first-order valence-corrected chi connectivity index (χ1v) is 23.1. The zero-order chi connectivity index (χ0) is 29.9. The molecule has 0 saturated carbocycles. The molecule has 0 saturated heterocycles. The normalized spacial score (nSPS) is 18.7. The maximum absolute atomic E-state index is 5.55. The van der Waals surface area contributed by atoms with E-state index in [1.54, 1.807) is 6.56 Å². The molecular formula is C41H48Cl2Zr. The van der Waals surface area contributed by atoms with Crippen LogP contribution in [0.3, 0.4) is 0 Å². The summed E-state index contributed by atoms with van der Waals surface area (Å²) in [7, 11) is 0. The third kappa shape index (κ3) is 4.43. The average molecular weight is 703 g/mol. The SMILES string of the molecule is Cl.Cl.[CH2]=[Zr]([CH2]C)([C]1=CC(C(C)(C)C)=CC1)([C]1=Cc2cc3c(cc2C1(C)C)Cc1cc2c(cc1-3)C=CC2(C)C)[c]1ccccc1. The van der Waals surface area contributed by atoms with Crippen LogP contribution in [-0.4, -0.2) is 4.21 Å². The second-order valence-corrected chi connectivity index (χ2v) is 30.1. The van der Waals surface area contributed by atoms with E-state index >= 15 is 0 Å². The number of hydrogen-bond acceptors (Lipinski definition) is 0. The molecule has 0 amide bonds. The van der Waals surface area contributed by atoms with E-state index in [2.05, 4.69) is 140 Å². The van der Waals surface area contributed by atoms with Crippen molar-refractivity contribution in [1.82, 2.24) is 0 Å². The van der Waals surface area contributed by atoms with E-state index in [0.29, 0.717) is 0 Å². The van der Waals surface area contributed by atoms with Crippen molar-refractivity contribution >= 4 is 44.4 Å². The summed E-state index contributed by atoms with van der Waals surface area (Å²) in [5.74, 6) is 0. The Balaban J connectivity index is 0.00000192. The molecule has 0 fully saturated rings. The standard InChI is InChI=1S/C23H21.C9H13.C6H5.C2H5.CH2.2ClH.Zr/c1-22(2)7-5-14-10-18-16(12-20(14)22)9-17-13-21-15(11-19(17)18)6-8-23(21,3)4;1-9(2,3)8-6-4-5-7-8;1-2-4-6-5-3-1;1-2;;;;/h5-7,10-13H,9H2,1-4H3;6-7H,4H2,1-3H3;1-5H;1H2,2H3;1H2;2*1H;. The van der Waals surface area contributed by atoms with Gasteiger partial charge in [-0.15, -0.1) is 24.8 Å². The van der Waals surface area contributed by atoms with Crippen LogP contribution in [0.15, 0.2) is 85.0 Å². The summed E-state index contributed by atoms with van der Waals surface area (Å²) in [6.45, 7) is 19.1. The molecule has 0 nitrogen and oxygen atoms in total. The van der Waals surface area contributed by atoms with Crippen LogP contribution in [0.5, 0.6) is 0 Å². The predicted octanol–water partition coefficient (Wildman–Crippen LogP) is 11.2. The molecular weight excluding hydrogens is 655 g/mol. The molecule has 0 unspecified atom stereocenters. The summed E-state index contributed by atoms with van der Waals surface area (Å²) in [6.07, 6.45) is 14.5. The van der Waals surface area contributed by atoms with Crippen molar-refractivity contribution in [3.05, 3.63) is 118 Å². The quantitative estimate of drug-likeness (QED) is 0.199. The second-order valence-electron chi connectivity index (χ2n) is 15.8. The van der Waals surface area contributed by atoms with Crippen LogP contribution in [0, 0.1) is 5.41 Å². The molecule has 7 rings (SSSR count). The van der Waals surface area contributed by atoms with Gasteiger partial charge in [-0.25, -0.2) is 0 Å². The van der Waals surface area contributed by atoms with Crippen LogP contribution in [0.2, 0.25) is 4.13 Å². The van der Waals surface area contributed by atoms with Crippen molar-refractivity contribution in [2.24, 2.45) is 5.41 Å². The van der Waals surface area contributed by atoms with Gasteiger partial charge in [0.1, 0.15) is 0 Å². The molecule has 0 radical (unpaired) electrons. The molecule has 44 heavy (non-hydrogen) atoms. The number of allylic oxidation sites excluding steroid dienone is 6. The summed E-state index contributed by atoms with van der Waals surface area (Å²) in [5.41, 5.74) is 13.3. The van der Waals surface area contributed by atoms with Crippen LogP contribution in [-0.2, 0) is 35.5 Å². The fourth-order valence-electron chi connectivity index (χ4n) is 8.92. The third-order valence-corrected chi connectivity index (χ3v) is 29.5. The van der Waals surface area contributed by atoms with Gasteiger partial charge in [0.25, 0.3) is 0 Å². The third-order valence-electron chi connectivity index (χ3n) is 11.7. The second kappa shape index (κ2) is 10.5. The van der Waals surface area contributed by atoms with Crippen molar-refractivity contribution < 1.29 is 18.3 Å². The first kappa shape index (κ1) is 33.3. The van der Waals surface area contributed by atoms with Gasteiger partial charge >= 0.3 is 256 Å². The van der Waals surface area contributed by atoms with Crippen LogP contribution in [0.4, 0.5) is 0 Å². The van der Waals surface area contributed by atoms with Crippen LogP contribution in [0.1, 0.15) is 95.2 Å². The van der Waals surface area contributed by atoms with E-state index < -0.39 is 18.3 Å². The van der Waals surface area contributed by atoms with E-state index in [-0.39, 0.29) is 41.1 Å². The Bertz CT molecular complexity index is 1890. The molecule has 4 aliphatic rings. The molecule has 0 spiro atoms. The fraction of sp³-hybridized carbons (Fsp3) is 0.341. The maximum atomic E-state index is 5.55. The van der Waals surface area contributed by atoms with E-state index in [9.17, 15) is 0 Å². The monoisotopic (exact) mass is 700 g/mol. The molecule has 0 aliphatic heterocycles. The van der Waals surface area contributed by atoms with Crippen LogP contribution >= 0.6 is 24.8 Å². The van der Waals surface area contributed by atoms with E-state index in [1.165, 1.54) is 53.4 Å². The summed E-state index contributed by atoms with van der Waals surface area (Å²) in [5, 5.41) is 0. The molecule has 0 N–H and O–H groups in total. The first-order chi connectivity index (χ1) is 19.7. The van der Waals surface area contributed by atoms with Gasteiger partial charge in [0, 0.05) is 0 Å². The predicted molar refractivity (Wildman–Crippen MR) is 196 cm³/mol. The summed E-state index contributed by atoms with van der Waals surface area (Å²) in [4.78, 5) is 0. The number of hydrogen-bond donors (Lipinski definition) is 0. The zero-order valence-corrected chi connectivity index (χ0v) is 31.8. The molecule has 3 heteroatoms. The van der Waals surface area contributed by atoms with E-state index in [4.69, 9.17) is 4.21 Å². The van der Waals surface area contributed by atoms with Gasteiger partial charge in [0.05, 0.1) is 0 Å². The first-order valence-electron chi connectivity index (χ1n) is 16.0. The van der Waals surface area contributed by atoms with Crippen molar-refractivity contribution in [1.29, 1.82) is 0 Å². The molecule has 0 heterocycles. The fourth-order valence-corrected chi connectivity index (χ4v) is 24.9. The van der Waals surface area contributed by atoms with Crippen molar-refractivity contribution in [3.8, 4) is 11.1 Å². The molecule has 3 aromatic rings. The molecule has 0 atom stereocenters. The van der Waals surface area contributed by atoms with Crippen molar-refractivity contribution in [2.75, 3.05) is 0 Å². The van der Waals surface area contributed by atoms with Gasteiger partial charge in [0.15, 0.2) is 0 Å². The number of fused-ring (bicyclic) bond motifs is 5. The Kier molecular flexibility index (Phi) is 7.94. The van der Waals surface area contributed by atoms with Gasteiger partial charge in [-0.05, 0) is 0 Å². The number of benzene rings is 3. The van der Waals surface area contributed by atoms with Gasteiger partial charge in [-0.1, -0.05) is 0 Å². The van der Waals surface area contributed by atoms with Gasteiger partial charge in [-0.2, -0.15) is 0 Å². The molecule has 0 bridgehead atoms. The minimum absolute atomic E-state index is 0. The zero-order valence-electron chi connectivity index (χ0n) is 27.7. The average Bonchev–Trinajstić information content (AvgIpc) is 3.71. The Hall–Kier alpha value is -2.05. The van der Waals surface area contributed by atoms with Crippen molar-refractivity contribution in [2.45, 2.75) is 83.2 Å². The number of rotatable bonds is 4. The number of halogens is 2. The topological polar surface area (TPSA) is 0 Å². The van der Waals surface area contributed by atoms with E-state index in [1.807, 2.05) is 0 Å². The van der Waals surface area contributed by atoms with Crippen LogP contribution < -0.4 is 3.27 Å². The Morgan fingerprint density at radius 2 is 1.43 bits per heavy atom. The van der Waals surface area contributed by atoms with Gasteiger partial charge in [-0.3, -0.25) is 0 Å². The van der Waals surface area contributed by atoms with E-state index in [0.717, 1.165) is 17.0 Å². The minimum atomic E-state index is -4.23. The Morgan fingerprint density at radius 3 is 2.02 bits per heavy atom. The summed E-state index contributed by atoms with van der Waals surface area (Å²) in [6, 6.07) is 21.5. The molecule has 3 aromatic carbocycles. The molecule has 4 aliphatic carbocycles.